The SMILES string of the molecule is Cc1c(C(=O)Nc2ccc(N3CCN(C)CC3)cc2)sc2ccccc12. The summed E-state index contributed by atoms with van der Waals surface area (Å²) in [6.07, 6.45) is 0. The van der Waals surface area contributed by atoms with Gasteiger partial charge in [-0.25, -0.2) is 0 Å². The summed E-state index contributed by atoms with van der Waals surface area (Å²) in [5.41, 5.74) is 3.11. The molecule has 1 aliphatic heterocycles. The van der Waals surface area contributed by atoms with Gasteiger partial charge in [0.2, 0.25) is 0 Å². The molecule has 2 aromatic carbocycles. The van der Waals surface area contributed by atoms with Crippen LogP contribution < -0.4 is 10.2 Å². The lowest BCUT2D eigenvalue weighted by molar-refractivity contribution is 0.103. The van der Waals surface area contributed by atoms with Crippen LogP contribution in [0, 0.1) is 6.92 Å². The number of carbonyl (C=O) groups excluding carboxylic acids is 1. The molecular weight excluding hydrogens is 342 g/mol. The largest absolute Gasteiger partial charge is 0.369 e. The molecule has 0 unspecified atom stereocenters. The van der Waals surface area contributed by atoms with Crippen molar-refractivity contribution in [3.63, 3.8) is 0 Å². The van der Waals surface area contributed by atoms with E-state index in [1.54, 1.807) is 11.3 Å². The Bertz CT molecular complexity index is 924. The fourth-order valence-electron chi connectivity index (χ4n) is 3.40. The zero-order valence-electron chi connectivity index (χ0n) is 15.2. The minimum absolute atomic E-state index is 0.0314. The average Bonchev–Trinajstić information content (AvgIpc) is 3.00. The van der Waals surface area contributed by atoms with Crippen molar-refractivity contribution < 1.29 is 4.79 Å². The molecule has 1 N–H and O–H groups in total. The molecule has 134 valence electrons. The van der Waals surface area contributed by atoms with Crippen LogP contribution in [0.1, 0.15) is 15.2 Å². The fourth-order valence-corrected chi connectivity index (χ4v) is 4.50. The Morgan fingerprint density at radius 3 is 2.38 bits per heavy atom. The lowest BCUT2D eigenvalue weighted by atomic mass is 10.1. The van der Waals surface area contributed by atoms with Gasteiger partial charge < -0.3 is 15.1 Å². The van der Waals surface area contributed by atoms with E-state index in [1.165, 1.54) is 5.69 Å². The maximum Gasteiger partial charge on any atom is 0.266 e. The number of hydrogen-bond donors (Lipinski definition) is 1. The van der Waals surface area contributed by atoms with Crippen LogP contribution in [0.15, 0.2) is 48.5 Å². The normalized spacial score (nSPS) is 15.4. The molecule has 3 aromatic rings. The van der Waals surface area contributed by atoms with E-state index in [2.05, 4.69) is 46.4 Å². The third kappa shape index (κ3) is 3.32. The highest BCUT2D eigenvalue weighted by Gasteiger charge is 2.16. The van der Waals surface area contributed by atoms with E-state index in [1.807, 2.05) is 31.2 Å². The molecule has 5 heteroatoms. The molecule has 0 aliphatic carbocycles. The van der Waals surface area contributed by atoms with Crippen LogP contribution >= 0.6 is 11.3 Å². The molecule has 1 amide bonds. The van der Waals surface area contributed by atoms with Crippen molar-refractivity contribution in [1.82, 2.24) is 4.90 Å². The Morgan fingerprint density at radius 1 is 1.00 bits per heavy atom. The summed E-state index contributed by atoms with van der Waals surface area (Å²) in [7, 11) is 2.16. The number of likely N-dealkylation sites (N-methyl/N-ethyl adjacent to an activating group) is 1. The molecule has 26 heavy (non-hydrogen) atoms. The highest BCUT2D eigenvalue weighted by atomic mass is 32.1. The van der Waals surface area contributed by atoms with Crippen molar-refractivity contribution in [3.05, 3.63) is 59.0 Å². The van der Waals surface area contributed by atoms with Gasteiger partial charge in [0.1, 0.15) is 0 Å². The average molecular weight is 366 g/mol. The van der Waals surface area contributed by atoms with E-state index >= 15 is 0 Å². The van der Waals surface area contributed by atoms with Gasteiger partial charge >= 0.3 is 0 Å². The summed E-state index contributed by atoms with van der Waals surface area (Å²) in [6, 6.07) is 16.3. The first kappa shape index (κ1) is 17.1. The monoisotopic (exact) mass is 365 g/mol. The molecular formula is C21H23N3OS. The van der Waals surface area contributed by atoms with Crippen LogP contribution in [-0.2, 0) is 0 Å². The maximum atomic E-state index is 12.7. The first-order chi connectivity index (χ1) is 12.6. The fraction of sp³-hybridized carbons (Fsp3) is 0.286. The Labute approximate surface area is 158 Å². The Balaban J connectivity index is 1.48. The highest BCUT2D eigenvalue weighted by Crippen LogP contribution is 2.31. The number of anilines is 2. The van der Waals surface area contributed by atoms with Crippen LogP contribution in [0.5, 0.6) is 0 Å². The predicted octanol–water partition coefficient (Wildman–Crippen LogP) is 4.21. The third-order valence-corrected chi connectivity index (χ3v) is 6.32. The van der Waals surface area contributed by atoms with Gasteiger partial charge in [0.15, 0.2) is 0 Å². The maximum absolute atomic E-state index is 12.7. The van der Waals surface area contributed by atoms with E-state index in [9.17, 15) is 4.79 Å². The third-order valence-electron chi connectivity index (χ3n) is 5.04. The van der Waals surface area contributed by atoms with Gasteiger partial charge in [-0.3, -0.25) is 4.79 Å². The lowest BCUT2D eigenvalue weighted by Gasteiger charge is -2.34. The minimum atomic E-state index is -0.0314. The predicted molar refractivity (Wildman–Crippen MR) is 111 cm³/mol. The molecule has 2 heterocycles. The van der Waals surface area contributed by atoms with Crippen molar-refractivity contribution in [2.24, 2.45) is 0 Å². The minimum Gasteiger partial charge on any atom is -0.369 e. The summed E-state index contributed by atoms with van der Waals surface area (Å²) >= 11 is 1.55. The number of nitrogens with one attached hydrogen (secondary N) is 1. The Hall–Kier alpha value is -2.37. The Morgan fingerprint density at radius 2 is 1.69 bits per heavy atom. The van der Waals surface area contributed by atoms with Crippen LogP contribution in [-0.4, -0.2) is 44.0 Å². The van der Waals surface area contributed by atoms with Crippen molar-refractivity contribution in [1.29, 1.82) is 0 Å². The van der Waals surface area contributed by atoms with Gasteiger partial charge in [-0.2, -0.15) is 0 Å². The number of benzene rings is 2. The molecule has 0 saturated carbocycles. The van der Waals surface area contributed by atoms with E-state index in [0.717, 1.165) is 52.4 Å². The number of fused-ring (bicyclic) bond motifs is 1. The van der Waals surface area contributed by atoms with Crippen LogP contribution in [0.4, 0.5) is 11.4 Å². The van der Waals surface area contributed by atoms with Gasteiger partial charge in [0, 0.05) is 42.3 Å². The number of hydrogen-bond acceptors (Lipinski definition) is 4. The van der Waals surface area contributed by atoms with Crippen molar-refractivity contribution in [2.45, 2.75) is 6.92 Å². The van der Waals surface area contributed by atoms with E-state index < -0.39 is 0 Å². The zero-order valence-corrected chi connectivity index (χ0v) is 16.0. The molecule has 0 spiro atoms. The van der Waals surface area contributed by atoms with E-state index in [-0.39, 0.29) is 5.91 Å². The number of thiophene rings is 1. The smallest absolute Gasteiger partial charge is 0.266 e. The number of piperazine rings is 1. The molecule has 1 aromatic heterocycles. The van der Waals surface area contributed by atoms with Gasteiger partial charge in [0.05, 0.1) is 4.88 Å². The highest BCUT2D eigenvalue weighted by molar-refractivity contribution is 7.21. The standard InChI is InChI=1S/C21H23N3OS/c1-15-18-5-3-4-6-19(18)26-20(15)21(25)22-16-7-9-17(10-8-16)24-13-11-23(2)12-14-24/h3-10H,11-14H2,1-2H3,(H,22,25). The zero-order chi connectivity index (χ0) is 18.1. The van der Waals surface area contributed by atoms with Gasteiger partial charge in [-0.05, 0) is 55.3 Å². The lowest BCUT2D eigenvalue weighted by Crippen LogP contribution is -2.44. The van der Waals surface area contributed by atoms with Crippen molar-refractivity contribution in [3.8, 4) is 0 Å². The van der Waals surface area contributed by atoms with Gasteiger partial charge in [0.25, 0.3) is 5.91 Å². The first-order valence-electron chi connectivity index (χ1n) is 8.95. The molecule has 1 saturated heterocycles. The number of amides is 1. The quantitative estimate of drug-likeness (QED) is 0.755. The molecule has 0 atom stereocenters. The summed E-state index contributed by atoms with van der Waals surface area (Å²) < 4.78 is 1.15. The molecule has 1 fully saturated rings. The summed E-state index contributed by atoms with van der Waals surface area (Å²) in [5, 5.41) is 4.20. The number of carbonyl (C=O) groups is 1. The topological polar surface area (TPSA) is 35.6 Å². The van der Waals surface area contributed by atoms with E-state index in [0.29, 0.717) is 0 Å². The van der Waals surface area contributed by atoms with Crippen LogP contribution in [0.25, 0.3) is 10.1 Å². The number of aryl methyl sites for hydroxylation is 1. The van der Waals surface area contributed by atoms with Crippen LogP contribution in [0.3, 0.4) is 0 Å². The van der Waals surface area contributed by atoms with Gasteiger partial charge in [-0.15, -0.1) is 11.3 Å². The van der Waals surface area contributed by atoms with Gasteiger partial charge in [-0.1, -0.05) is 18.2 Å². The molecule has 0 bridgehead atoms. The number of nitrogens with zero attached hydrogens (tertiary/aromatic N) is 2. The second-order valence-corrected chi connectivity index (χ2v) is 7.90. The first-order valence-corrected chi connectivity index (χ1v) is 9.76. The summed E-state index contributed by atoms with van der Waals surface area (Å²) in [5.74, 6) is -0.0314. The molecule has 0 radical (unpaired) electrons. The van der Waals surface area contributed by atoms with Crippen molar-refractivity contribution in [2.75, 3.05) is 43.4 Å². The summed E-state index contributed by atoms with van der Waals surface area (Å²) in [6.45, 7) is 6.28. The molecule has 4 rings (SSSR count). The second-order valence-electron chi connectivity index (χ2n) is 6.84. The Kier molecular flexibility index (Phi) is 4.66. The second kappa shape index (κ2) is 7.09. The number of rotatable bonds is 3. The van der Waals surface area contributed by atoms with Crippen molar-refractivity contribution >= 4 is 38.7 Å². The molecule has 1 aliphatic rings. The van der Waals surface area contributed by atoms with E-state index in [4.69, 9.17) is 0 Å². The molecule has 4 nitrogen and oxygen atoms in total. The summed E-state index contributed by atoms with van der Waals surface area (Å²) in [4.78, 5) is 18.2. The van der Waals surface area contributed by atoms with Crippen LogP contribution in [0.2, 0.25) is 0 Å².